The number of benzene rings is 1. The number of nitrogens with zero attached hydrogens (tertiary/aromatic N) is 3. The molecule has 0 aliphatic carbocycles. The number of nitrogens with one attached hydrogen (secondary N) is 1. The maximum Gasteiger partial charge on any atom is 0.241 e. The van der Waals surface area contributed by atoms with E-state index in [4.69, 9.17) is 5.73 Å². The summed E-state index contributed by atoms with van der Waals surface area (Å²) in [5.74, 6) is 1.10. The van der Waals surface area contributed by atoms with Crippen molar-refractivity contribution in [1.29, 1.82) is 0 Å². The molecule has 5 nitrogen and oxygen atoms in total. The third-order valence-electron chi connectivity index (χ3n) is 3.44. The number of hydrogen-bond acceptors (Lipinski definition) is 4. The van der Waals surface area contributed by atoms with E-state index < -0.39 is 0 Å². The van der Waals surface area contributed by atoms with E-state index in [2.05, 4.69) is 47.4 Å². The Bertz CT molecular complexity index is 587. The number of rotatable bonds is 1. The van der Waals surface area contributed by atoms with Gasteiger partial charge in [0.2, 0.25) is 11.9 Å². The first-order valence-corrected chi connectivity index (χ1v) is 6.18. The molecule has 18 heavy (non-hydrogen) atoms. The van der Waals surface area contributed by atoms with E-state index in [1.165, 1.54) is 16.7 Å². The van der Waals surface area contributed by atoms with Gasteiger partial charge in [0.25, 0.3) is 0 Å². The quantitative estimate of drug-likeness (QED) is 0.802. The fourth-order valence-electron chi connectivity index (χ4n) is 2.53. The van der Waals surface area contributed by atoms with E-state index in [1.807, 2.05) is 4.68 Å². The van der Waals surface area contributed by atoms with Crippen LogP contribution >= 0.6 is 0 Å². The number of anilines is 2. The Balaban J connectivity index is 2.10. The minimum Gasteiger partial charge on any atom is -0.366 e. The van der Waals surface area contributed by atoms with Crippen molar-refractivity contribution in [1.82, 2.24) is 14.8 Å². The number of fused-ring (bicyclic) bond motifs is 1. The lowest BCUT2D eigenvalue weighted by Crippen LogP contribution is -2.25. The summed E-state index contributed by atoms with van der Waals surface area (Å²) < 4.78 is 1.90. The zero-order valence-electron chi connectivity index (χ0n) is 10.6. The summed E-state index contributed by atoms with van der Waals surface area (Å²) in [6.45, 7) is 5.15. The maximum absolute atomic E-state index is 5.68. The average Bonchev–Trinajstić information content (AvgIpc) is 2.72. The van der Waals surface area contributed by atoms with Gasteiger partial charge in [0, 0.05) is 6.54 Å². The van der Waals surface area contributed by atoms with E-state index in [-0.39, 0.29) is 6.04 Å². The zero-order chi connectivity index (χ0) is 12.7. The maximum atomic E-state index is 5.68. The topological polar surface area (TPSA) is 68.8 Å². The third kappa shape index (κ3) is 1.72. The lowest BCUT2D eigenvalue weighted by atomic mass is 9.96. The molecule has 0 fully saturated rings. The number of aryl methyl sites for hydroxylation is 2. The predicted molar refractivity (Wildman–Crippen MR) is 71.6 cm³/mol. The molecule has 0 amide bonds. The van der Waals surface area contributed by atoms with Crippen LogP contribution in [0.1, 0.15) is 29.2 Å². The molecule has 5 heteroatoms. The molecule has 1 aromatic carbocycles. The highest BCUT2D eigenvalue weighted by molar-refractivity contribution is 5.40. The van der Waals surface area contributed by atoms with Crippen LogP contribution in [-0.4, -0.2) is 21.3 Å². The molecule has 3 rings (SSSR count). The van der Waals surface area contributed by atoms with Crippen LogP contribution in [0.3, 0.4) is 0 Å². The highest BCUT2D eigenvalue weighted by Gasteiger charge is 2.24. The molecule has 1 aliphatic heterocycles. The Labute approximate surface area is 106 Å². The summed E-state index contributed by atoms with van der Waals surface area (Å²) in [7, 11) is 0. The zero-order valence-corrected chi connectivity index (χ0v) is 10.6. The van der Waals surface area contributed by atoms with Crippen molar-refractivity contribution in [2.24, 2.45) is 0 Å². The second-order valence-corrected chi connectivity index (χ2v) is 4.83. The number of aromatic nitrogens is 3. The molecule has 0 saturated heterocycles. The van der Waals surface area contributed by atoms with Crippen LogP contribution < -0.4 is 11.1 Å². The molecular formula is C13H17N5. The van der Waals surface area contributed by atoms with Gasteiger partial charge >= 0.3 is 0 Å². The molecular weight excluding hydrogens is 226 g/mol. The largest absolute Gasteiger partial charge is 0.366 e. The third-order valence-corrected chi connectivity index (χ3v) is 3.44. The van der Waals surface area contributed by atoms with Gasteiger partial charge in [0.1, 0.15) is 0 Å². The molecule has 1 aliphatic rings. The molecule has 1 atom stereocenters. The first-order chi connectivity index (χ1) is 8.65. The van der Waals surface area contributed by atoms with Gasteiger partial charge in [0.15, 0.2) is 0 Å². The first-order valence-electron chi connectivity index (χ1n) is 6.18. The van der Waals surface area contributed by atoms with Crippen LogP contribution in [0, 0.1) is 13.8 Å². The Morgan fingerprint density at radius 1 is 1.39 bits per heavy atom. The molecule has 0 spiro atoms. The summed E-state index contributed by atoms with van der Waals surface area (Å²) in [4.78, 5) is 4.20. The Morgan fingerprint density at radius 3 is 3.06 bits per heavy atom. The SMILES string of the molecule is Cc1ccc(C)c(C2CCNc3nc(N)nn32)c1. The van der Waals surface area contributed by atoms with E-state index >= 15 is 0 Å². The number of nitrogens with two attached hydrogens (primary N) is 1. The van der Waals surface area contributed by atoms with Crippen molar-refractivity contribution in [3.8, 4) is 0 Å². The standard InChI is InChI=1S/C13H17N5/c1-8-3-4-9(2)10(7-8)11-5-6-15-13-16-12(14)17-18(11)13/h3-4,7,11H,5-6H2,1-2H3,(H3,14,15,16,17). The van der Waals surface area contributed by atoms with Crippen molar-refractivity contribution < 1.29 is 0 Å². The minimum absolute atomic E-state index is 0.228. The summed E-state index contributed by atoms with van der Waals surface area (Å²) in [6, 6.07) is 6.75. The van der Waals surface area contributed by atoms with Crippen LogP contribution in [0.4, 0.5) is 11.9 Å². The number of nitrogen functional groups attached to an aromatic ring is 1. The van der Waals surface area contributed by atoms with Crippen molar-refractivity contribution in [2.45, 2.75) is 26.3 Å². The summed E-state index contributed by atoms with van der Waals surface area (Å²) in [5.41, 5.74) is 9.54. The molecule has 94 valence electrons. The second-order valence-electron chi connectivity index (χ2n) is 4.83. The molecule has 1 unspecified atom stereocenters. The van der Waals surface area contributed by atoms with Crippen molar-refractivity contribution in [2.75, 3.05) is 17.6 Å². The van der Waals surface area contributed by atoms with Gasteiger partial charge < -0.3 is 11.1 Å². The average molecular weight is 243 g/mol. The molecule has 2 heterocycles. The van der Waals surface area contributed by atoms with Crippen LogP contribution in [0.15, 0.2) is 18.2 Å². The van der Waals surface area contributed by atoms with Gasteiger partial charge in [-0.2, -0.15) is 4.98 Å². The summed E-state index contributed by atoms with van der Waals surface area (Å²) in [5, 5.41) is 7.53. The number of hydrogen-bond donors (Lipinski definition) is 2. The Kier molecular flexibility index (Phi) is 2.47. The van der Waals surface area contributed by atoms with Crippen LogP contribution in [-0.2, 0) is 0 Å². The van der Waals surface area contributed by atoms with Gasteiger partial charge in [0.05, 0.1) is 6.04 Å². The van der Waals surface area contributed by atoms with Crippen LogP contribution in [0.25, 0.3) is 0 Å². The van der Waals surface area contributed by atoms with Gasteiger partial charge in [-0.05, 0) is 31.4 Å². The molecule has 3 N–H and O–H groups in total. The lowest BCUT2D eigenvalue weighted by Gasteiger charge is -2.26. The fourth-order valence-corrected chi connectivity index (χ4v) is 2.53. The highest BCUT2D eigenvalue weighted by Crippen LogP contribution is 2.31. The van der Waals surface area contributed by atoms with Crippen molar-refractivity contribution in [3.05, 3.63) is 34.9 Å². The molecule has 0 bridgehead atoms. The van der Waals surface area contributed by atoms with Crippen LogP contribution in [0.2, 0.25) is 0 Å². The molecule has 0 radical (unpaired) electrons. The van der Waals surface area contributed by atoms with Crippen molar-refractivity contribution in [3.63, 3.8) is 0 Å². The molecule has 2 aromatic rings. The van der Waals surface area contributed by atoms with E-state index in [1.54, 1.807) is 0 Å². The first kappa shape index (κ1) is 11.1. The van der Waals surface area contributed by atoms with Gasteiger partial charge in [-0.25, -0.2) is 4.68 Å². The van der Waals surface area contributed by atoms with E-state index in [9.17, 15) is 0 Å². The van der Waals surface area contributed by atoms with Gasteiger partial charge in [-0.1, -0.05) is 23.8 Å². The normalized spacial score (nSPS) is 18.2. The molecule has 0 saturated carbocycles. The monoisotopic (exact) mass is 243 g/mol. The van der Waals surface area contributed by atoms with Crippen molar-refractivity contribution >= 4 is 11.9 Å². The smallest absolute Gasteiger partial charge is 0.241 e. The molecule has 1 aromatic heterocycles. The second kappa shape index (κ2) is 4.01. The summed E-state index contributed by atoms with van der Waals surface area (Å²) in [6.07, 6.45) is 1.00. The van der Waals surface area contributed by atoms with E-state index in [0.29, 0.717) is 5.95 Å². The van der Waals surface area contributed by atoms with Gasteiger partial charge in [-0.15, -0.1) is 5.10 Å². The van der Waals surface area contributed by atoms with Crippen LogP contribution in [0.5, 0.6) is 0 Å². The fraction of sp³-hybridized carbons (Fsp3) is 0.385. The predicted octanol–water partition coefficient (Wildman–Crippen LogP) is 1.88. The Morgan fingerprint density at radius 2 is 2.22 bits per heavy atom. The lowest BCUT2D eigenvalue weighted by molar-refractivity contribution is 0.479. The van der Waals surface area contributed by atoms with Gasteiger partial charge in [-0.3, -0.25) is 0 Å². The Hall–Kier alpha value is -2.04. The highest BCUT2D eigenvalue weighted by atomic mass is 15.4. The summed E-state index contributed by atoms with van der Waals surface area (Å²) >= 11 is 0. The minimum atomic E-state index is 0.228. The van der Waals surface area contributed by atoms with E-state index in [0.717, 1.165) is 18.9 Å².